The maximum absolute atomic E-state index is 13.8. The fourth-order valence-electron chi connectivity index (χ4n) is 2.66. The summed E-state index contributed by atoms with van der Waals surface area (Å²) in [4.78, 5) is 22.2. The van der Waals surface area contributed by atoms with Gasteiger partial charge in [0.25, 0.3) is 11.6 Å². The maximum atomic E-state index is 13.8. The second-order valence-corrected chi connectivity index (χ2v) is 6.03. The number of ether oxygens (including phenoxy) is 1. The molecule has 0 aromatic heterocycles. The number of carbonyl (C=O) groups excluding carboxylic acids is 1. The van der Waals surface area contributed by atoms with E-state index in [0.717, 1.165) is 29.3 Å². The minimum absolute atomic E-state index is 0.264. The Kier molecular flexibility index (Phi) is 5.96. The van der Waals surface area contributed by atoms with E-state index < -0.39 is 16.6 Å². The molecular formula is C21H17FN2O4. The molecule has 0 saturated heterocycles. The van der Waals surface area contributed by atoms with Crippen molar-refractivity contribution < 1.29 is 18.8 Å². The predicted molar refractivity (Wildman–Crippen MR) is 103 cm³/mol. The number of nitro benzene ring substituents is 1. The van der Waals surface area contributed by atoms with Gasteiger partial charge in [0, 0.05) is 18.6 Å². The SMILES string of the molecule is O=C(COc1ccccc1Cc1ccccc1)Nc1cc([N+](=O)[O-])ccc1F. The van der Waals surface area contributed by atoms with Gasteiger partial charge in [0.15, 0.2) is 6.61 Å². The van der Waals surface area contributed by atoms with Crippen LogP contribution in [0.25, 0.3) is 0 Å². The zero-order valence-electron chi connectivity index (χ0n) is 14.8. The van der Waals surface area contributed by atoms with Gasteiger partial charge in [-0.25, -0.2) is 4.39 Å². The van der Waals surface area contributed by atoms with Gasteiger partial charge in [-0.15, -0.1) is 0 Å². The smallest absolute Gasteiger partial charge is 0.271 e. The molecule has 0 aliphatic heterocycles. The molecule has 7 heteroatoms. The minimum Gasteiger partial charge on any atom is -0.483 e. The number of benzene rings is 3. The van der Waals surface area contributed by atoms with Gasteiger partial charge in [-0.3, -0.25) is 14.9 Å². The number of para-hydroxylation sites is 1. The average Bonchev–Trinajstić information content (AvgIpc) is 2.69. The lowest BCUT2D eigenvalue weighted by Gasteiger charge is -2.12. The van der Waals surface area contributed by atoms with Crippen LogP contribution in [0.15, 0.2) is 72.8 Å². The van der Waals surface area contributed by atoms with Crippen molar-refractivity contribution in [3.05, 3.63) is 99.9 Å². The Morgan fingerprint density at radius 3 is 2.50 bits per heavy atom. The average molecular weight is 380 g/mol. The Bertz CT molecular complexity index is 993. The van der Waals surface area contributed by atoms with Gasteiger partial charge in [0.1, 0.15) is 11.6 Å². The number of nitro groups is 1. The van der Waals surface area contributed by atoms with Crippen molar-refractivity contribution in [3.8, 4) is 5.75 Å². The summed E-state index contributed by atoms with van der Waals surface area (Å²) in [6.45, 7) is -0.353. The Hall–Kier alpha value is -3.74. The molecule has 3 rings (SSSR count). The maximum Gasteiger partial charge on any atom is 0.271 e. The Morgan fingerprint density at radius 2 is 1.75 bits per heavy atom. The first kappa shape index (κ1) is 19.0. The van der Waals surface area contributed by atoms with Crippen molar-refractivity contribution in [3.63, 3.8) is 0 Å². The summed E-state index contributed by atoms with van der Waals surface area (Å²) in [6.07, 6.45) is 0.637. The molecule has 142 valence electrons. The molecule has 0 atom stereocenters. The molecule has 0 aliphatic rings. The molecule has 0 bridgehead atoms. The highest BCUT2D eigenvalue weighted by Gasteiger charge is 2.14. The lowest BCUT2D eigenvalue weighted by molar-refractivity contribution is -0.384. The van der Waals surface area contributed by atoms with E-state index in [0.29, 0.717) is 12.2 Å². The predicted octanol–water partition coefficient (Wildman–Crippen LogP) is 4.34. The van der Waals surface area contributed by atoms with Gasteiger partial charge in [-0.1, -0.05) is 48.5 Å². The quantitative estimate of drug-likeness (QED) is 0.488. The van der Waals surface area contributed by atoms with Crippen LogP contribution >= 0.6 is 0 Å². The normalized spacial score (nSPS) is 10.3. The molecule has 0 radical (unpaired) electrons. The van der Waals surface area contributed by atoms with Crippen LogP contribution in [0.2, 0.25) is 0 Å². The molecule has 6 nitrogen and oxygen atoms in total. The number of rotatable bonds is 7. The largest absolute Gasteiger partial charge is 0.483 e. The summed E-state index contributed by atoms with van der Waals surface area (Å²) < 4.78 is 19.4. The fraction of sp³-hybridized carbons (Fsp3) is 0.0952. The first-order valence-electron chi connectivity index (χ1n) is 8.51. The summed E-state index contributed by atoms with van der Waals surface area (Å²) in [5.41, 5.74) is 1.43. The molecular weight excluding hydrogens is 363 g/mol. The van der Waals surface area contributed by atoms with Crippen LogP contribution in [-0.4, -0.2) is 17.4 Å². The number of non-ortho nitro benzene ring substituents is 1. The lowest BCUT2D eigenvalue weighted by Crippen LogP contribution is -2.21. The van der Waals surface area contributed by atoms with E-state index in [4.69, 9.17) is 4.74 Å². The zero-order valence-corrected chi connectivity index (χ0v) is 14.8. The number of hydrogen-bond donors (Lipinski definition) is 1. The number of amides is 1. The summed E-state index contributed by atoms with van der Waals surface area (Å²) in [5.74, 6) is -0.835. The van der Waals surface area contributed by atoms with Crippen molar-refractivity contribution in [2.75, 3.05) is 11.9 Å². The van der Waals surface area contributed by atoms with Crippen molar-refractivity contribution in [1.82, 2.24) is 0 Å². The van der Waals surface area contributed by atoms with Crippen LogP contribution in [0.5, 0.6) is 5.75 Å². The molecule has 0 saturated carbocycles. The molecule has 1 amide bonds. The second kappa shape index (κ2) is 8.77. The minimum atomic E-state index is -0.761. The van der Waals surface area contributed by atoms with Crippen molar-refractivity contribution >= 4 is 17.3 Å². The van der Waals surface area contributed by atoms with Gasteiger partial charge < -0.3 is 10.1 Å². The van der Waals surface area contributed by atoms with Crippen molar-refractivity contribution in [1.29, 1.82) is 0 Å². The topological polar surface area (TPSA) is 81.5 Å². The van der Waals surface area contributed by atoms with Crippen LogP contribution in [-0.2, 0) is 11.2 Å². The number of anilines is 1. The highest BCUT2D eigenvalue weighted by atomic mass is 19.1. The van der Waals surface area contributed by atoms with Crippen molar-refractivity contribution in [2.45, 2.75) is 6.42 Å². The standard InChI is InChI=1S/C21H17FN2O4/c22-18-11-10-17(24(26)27)13-19(18)23-21(25)14-28-20-9-5-4-8-16(20)12-15-6-2-1-3-7-15/h1-11,13H,12,14H2,(H,23,25). The first-order chi connectivity index (χ1) is 13.5. The third kappa shape index (κ3) is 4.91. The number of carbonyl (C=O) groups is 1. The van der Waals surface area contributed by atoms with Gasteiger partial charge in [0.05, 0.1) is 10.6 Å². The molecule has 0 spiro atoms. The van der Waals surface area contributed by atoms with Crippen LogP contribution in [0.1, 0.15) is 11.1 Å². The third-order valence-electron chi connectivity index (χ3n) is 4.00. The monoisotopic (exact) mass is 380 g/mol. The number of halogens is 1. The lowest BCUT2D eigenvalue weighted by atomic mass is 10.0. The van der Waals surface area contributed by atoms with Gasteiger partial charge in [-0.05, 0) is 23.3 Å². The van der Waals surface area contributed by atoms with Gasteiger partial charge in [-0.2, -0.15) is 0 Å². The zero-order chi connectivity index (χ0) is 19.9. The van der Waals surface area contributed by atoms with E-state index >= 15 is 0 Å². The third-order valence-corrected chi connectivity index (χ3v) is 4.00. The van der Waals surface area contributed by atoms with E-state index in [1.165, 1.54) is 0 Å². The van der Waals surface area contributed by atoms with E-state index in [1.54, 1.807) is 12.1 Å². The molecule has 0 unspecified atom stereocenters. The number of hydrogen-bond acceptors (Lipinski definition) is 4. The van der Waals surface area contributed by atoms with Crippen molar-refractivity contribution in [2.24, 2.45) is 0 Å². The van der Waals surface area contributed by atoms with Crippen LogP contribution < -0.4 is 10.1 Å². The Labute approximate surface area is 160 Å². The molecule has 3 aromatic rings. The van der Waals surface area contributed by atoms with Gasteiger partial charge >= 0.3 is 0 Å². The fourth-order valence-corrected chi connectivity index (χ4v) is 2.66. The highest BCUT2D eigenvalue weighted by Crippen LogP contribution is 2.23. The first-order valence-corrected chi connectivity index (χ1v) is 8.51. The summed E-state index contributed by atoms with van der Waals surface area (Å²) in [7, 11) is 0. The van der Waals surface area contributed by atoms with Crippen LogP contribution in [0.4, 0.5) is 15.8 Å². The van der Waals surface area contributed by atoms with E-state index in [-0.39, 0.29) is 18.0 Å². The summed E-state index contributed by atoms with van der Waals surface area (Å²) >= 11 is 0. The van der Waals surface area contributed by atoms with E-state index in [2.05, 4.69) is 5.32 Å². The van der Waals surface area contributed by atoms with E-state index in [9.17, 15) is 19.3 Å². The molecule has 28 heavy (non-hydrogen) atoms. The molecule has 0 fully saturated rings. The van der Waals surface area contributed by atoms with Crippen LogP contribution in [0, 0.1) is 15.9 Å². The molecule has 0 aliphatic carbocycles. The molecule has 3 aromatic carbocycles. The van der Waals surface area contributed by atoms with E-state index in [1.807, 2.05) is 42.5 Å². The molecule has 1 N–H and O–H groups in total. The highest BCUT2D eigenvalue weighted by molar-refractivity contribution is 5.92. The summed E-state index contributed by atoms with van der Waals surface area (Å²) in [5, 5.41) is 13.1. The number of nitrogens with zero attached hydrogens (tertiary/aromatic N) is 1. The molecule has 0 heterocycles. The van der Waals surface area contributed by atoms with Crippen LogP contribution in [0.3, 0.4) is 0 Å². The second-order valence-electron chi connectivity index (χ2n) is 6.03. The summed E-state index contributed by atoms with van der Waals surface area (Å²) in [6, 6.07) is 20.1. The number of nitrogens with one attached hydrogen (secondary N) is 1. The Balaban J connectivity index is 1.65. The Morgan fingerprint density at radius 1 is 1.04 bits per heavy atom. The van der Waals surface area contributed by atoms with Gasteiger partial charge in [0.2, 0.25) is 0 Å².